The Hall–Kier alpha value is -0.830. The van der Waals surface area contributed by atoms with Crippen LogP contribution >= 0.6 is 0 Å². The van der Waals surface area contributed by atoms with Crippen LogP contribution < -0.4 is 5.73 Å². The largest absolute Gasteiger partial charge is 0.364 e. The highest BCUT2D eigenvalue weighted by atomic mass is 16.5. The Balaban J connectivity index is 2.90. The lowest BCUT2D eigenvalue weighted by atomic mass is 10.0. The molecule has 0 saturated carbocycles. The van der Waals surface area contributed by atoms with Gasteiger partial charge >= 0.3 is 0 Å². The van der Waals surface area contributed by atoms with E-state index in [1.165, 1.54) is 6.26 Å². The maximum absolute atomic E-state index is 5.68. The Labute approximate surface area is 53.8 Å². The third-order valence-electron chi connectivity index (χ3n) is 1.10. The van der Waals surface area contributed by atoms with Crippen LogP contribution in [0.25, 0.3) is 0 Å². The summed E-state index contributed by atoms with van der Waals surface area (Å²) in [6.45, 7) is 3.76. The predicted octanol–water partition coefficient (Wildman–Crippen LogP) is 0.868. The molecule has 1 aromatic rings. The molecule has 50 valence electrons. The molecule has 3 nitrogen and oxygen atoms in total. The summed E-state index contributed by atoms with van der Waals surface area (Å²) in [6.07, 6.45) is 1.52. The van der Waals surface area contributed by atoms with Gasteiger partial charge in [0, 0.05) is 6.07 Å². The zero-order chi connectivity index (χ0) is 6.91. The van der Waals surface area contributed by atoms with Crippen molar-refractivity contribution in [3.05, 3.63) is 18.0 Å². The van der Waals surface area contributed by atoms with E-state index in [1.807, 2.05) is 13.8 Å². The summed E-state index contributed by atoms with van der Waals surface area (Å²) in [5, 5.41) is 3.69. The first-order valence-corrected chi connectivity index (χ1v) is 2.80. The van der Waals surface area contributed by atoms with Crippen molar-refractivity contribution >= 4 is 0 Å². The fourth-order valence-electron chi connectivity index (χ4n) is 0.545. The maximum atomic E-state index is 5.68. The quantitative estimate of drug-likeness (QED) is 0.607. The monoisotopic (exact) mass is 126 g/mol. The van der Waals surface area contributed by atoms with Gasteiger partial charge in [-0.2, -0.15) is 0 Å². The third kappa shape index (κ3) is 1.29. The molecule has 0 fully saturated rings. The molecule has 0 unspecified atom stereocenters. The summed E-state index contributed by atoms with van der Waals surface area (Å²) in [5.74, 6) is 0. The van der Waals surface area contributed by atoms with Gasteiger partial charge in [-0.25, -0.2) is 0 Å². The number of hydrogen-bond donors (Lipinski definition) is 1. The van der Waals surface area contributed by atoms with Crippen LogP contribution in [-0.4, -0.2) is 5.16 Å². The average Bonchev–Trinajstić information content (AvgIpc) is 2.08. The van der Waals surface area contributed by atoms with Crippen molar-refractivity contribution in [1.82, 2.24) is 5.16 Å². The van der Waals surface area contributed by atoms with E-state index in [9.17, 15) is 0 Å². The van der Waals surface area contributed by atoms with Gasteiger partial charge in [-0.1, -0.05) is 5.16 Å². The molecule has 0 atom stereocenters. The number of aromatic nitrogens is 1. The molecule has 9 heavy (non-hydrogen) atoms. The normalized spacial score (nSPS) is 11.9. The highest BCUT2D eigenvalue weighted by Crippen LogP contribution is 2.12. The lowest BCUT2D eigenvalue weighted by molar-refractivity contribution is 0.388. The molecule has 0 spiro atoms. The van der Waals surface area contributed by atoms with E-state index in [0.717, 1.165) is 5.69 Å². The molecule has 1 rings (SSSR count). The first kappa shape index (κ1) is 6.29. The van der Waals surface area contributed by atoms with Crippen molar-refractivity contribution in [3.8, 4) is 0 Å². The van der Waals surface area contributed by atoms with E-state index >= 15 is 0 Å². The average molecular weight is 126 g/mol. The highest BCUT2D eigenvalue weighted by molar-refractivity contribution is 5.06. The van der Waals surface area contributed by atoms with Crippen molar-refractivity contribution in [2.24, 2.45) is 5.73 Å². The molecule has 2 N–H and O–H groups in total. The molecule has 0 bridgehead atoms. The minimum atomic E-state index is -0.382. The Morgan fingerprint density at radius 1 is 1.67 bits per heavy atom. The van der Waals surface area contributed by atoms with Gasteiger partial charge in [0.2, 0.25) is 0 Å². The molecule has 0 amide bonds. The van der Waals surface area contributed by atoms with Crippen molar-refractivity contribution in [2.75, 3.05) is 0 Å². The summed E-state index contributed by atoms with van der Waals surface area (Å²) in [4.78, 5) is 0. The summed E-state index contributed by atoms with van der Waals surface area (Å²) < 4.78 is 4.61. The van der Waals surface area contributed by atoms with Gasteiger partial charge in [0.1, 0.15) is 12.0 Å². The van der Waals surface area contributed by atoms with E-state index in [-0.39, 0.29) is 5.54 Å². The fourth-order valence-corrected chi connectivity index (χ4v) is 0.545. The Morgan fingerprint density at radius 2 is 2.33 bits per heavy atom. The van der Waals surface area contributed by atoms with Crippen LogP contribution in [0.15, 0.2) is 16.9 Å². The second-order valence-corrected chi connectivity index (χ2v) is 2.61. The van der Waals surface area contributed by atoms with Gasteiger partial charge < -0.3 is 10.3 Å². The summed E-state index contributed by atoms with van der Waals surface area (Å²) >= 11 is 0. The molecule has 0 radical (unpaired) electrons. The second-order valence-electron chi connectivity index (χ2n) is 2.61. The minimum Gasteiger partial charge on any atom is -0.364 e. The molecule has 0 aromatic carbocycles. The minimum absolute atomic E-state index is 0.382. The Morgan fingerprint density at radius 3 is 2.56 bits per heavy atom. The van der Waals surface area contributed by atoms with E-state index in [2.05, 4.69) is 9.68 Å². The standard InChI is InChI=1S/C6H10N2O/c1-6(2,7)5-3-4-9-8-5/h3-4H,7H2,1-2H3. The SMILES string of the molecule is CC(C)(N)c1ccon1. The van der Waals surface area contributed by atoms with Crippen molar-refractivity contribution in [1.29, 1.82) is 0 Å². The zero-order valence-electron chi connectivity index (χ0n) is 5.59. The molecule has 0 saturated heterocycles. The highest BCUT2D eigenvalue weighted by Gasteiger charge is 2.16. The number of hydrogen-bond acceptors (Lipinski definition) is 3. The smallest absolute Gasteiger partial charge is 0.124 e. The summed E-state index contributed by atoms with van der Waals surface area (Å²) in [5.41, 5.74) is 6.08. The Kier molecular flexibility index (Phi) is 1.29. The van der Waals surface area contributed by atoms with Crippen molar-refractivity contribution in [2.45, 2.75) is 19.4 Å². The topological polar surface area (TPSA) is 52.0 Å². The van der Waals surface area contributed by atoms with Gasteiger partial charge in [-0.15, -0.1) is 0 Å². The van der Waals surface area contributed by atoms with E-state index < -0.39 is 0 Å². The molecule has 1 aromatic heterocycles. The van der Waals surface area contributed by atoms with Crippen LogP contribution in [0.2, 0.25) is 0 Å². The number of nitrogens with two attached hydrogens (primary N) is 1. The molecule has 0 aliphatic carbocycles. The second kappa shape index (κ2) is 1.84. The van der Waals surface area contributed by atoms with Crippen molar-refractivity contribution in [3.63, 3.8) is 0 Å². The van der Waals surface area contributed by atoms with Crippen LogP contribution in [-0.2, 0) is 5.54 Å². The van der Waals surface area contributed by atoms with E-state index in [4.69, 9.17) is 5.73 Å². The molecule has 3 heteroatoms. The first-order chi connectivity index (χ1) is 4.11. The fraction of sp³-hybridized carbons (Fsp3) is 0.500. The lowest BCUT2D eigenvalue weighted by Crippen LogP contribution is -2.28. The molecule has 0 aliphatic heterocycles. The predicted molar refractivity (Wildman–Crippen MR) is 33.7 cm³/mol. The number of rotatable bonds is 1. The number of nitrogens with zero attached hydrogens (tertiary/aromatic N) is 1. The molecular weight excluding hydrogens is 116 g/mol. The summed E-state index contributed by atoms with van der Waals surface area (Å²) in [7, 11) is 0. The van der Waals surface area contributed by atoms with E-state index in [0.29, 0.717) is 0 Å². The lowest BCUT2D eigenvalue weighted by Gasteiger charge is -2.12. The molecule has 0 aliphatic rings. The van der Waals surface area contributed by atoms with Gasteiger partial charge in [-0.3, -0.25) is 0 Å². The molecular formula is C6H10N2O. The maximum Gasteiger partial charge on any atom is 0.124 e. The van der Waals surface area contributed by atoms with Crippen LogP contribution in [0.1, 0.15) is 19.5 Å². The zero-order valence-corrected chi connectivity index (χ0v) is 5.59. The van der Waals surface area contributed by atoms with Gasteiger partial charge in [0.15, 0.2) is 0 Å². The van der Waals surface area contributed by atoms with Crippen molar-refractivity contribution < 1.29 is 4.52 Å². The summed E-state index contributed by atoms with van der Waals surface area (Å²) in [6, 6.07) is 1.76. The van der Waals surface area contributed by atoms with Crippen LogP contribution in [0.5, 0.6) is 0 Å². The van der Waals surface area contributed by atoms with Gasteiger partial charge in [0.05, 0.1) is 5.54 Å². The first-order valence-electron chi connectivity index (χ1n) is 2.80. The Bertz CT molecular complexity index is 173. The third-order valence-corrected chi connectivity index (χ3v) is 1.10. The van der Waals surface area contributed by atoms with Crippen LogP contribution in [0.4, 0.5) is 0 Å². The van der Waals surface area contributed by atoms with Crippen LogP contribution in [0, 0.1) is 0 Å². The van der Waals surface area contributed by atoms with Gasteiger partial charge in [0.25, 0.3) is 0 Å². The van der Waals surface area contributed by atoms with Crippen LogP contribution in [0.3, 0.4) is 0 Å². The van der Waals surface area contributed by atoms with E-state index in [1.54, 1.807) is 6.07 Å². The van der Waals surface area contributed by atoms with Gasteiger partial charge in [-0.05, 0) is 13.8 Å². The molecule has 1 heterocycles.